The van der Waals surface area contributed by atoms with Crippen molar-refractivity contribution in [1.82, 2.24) is 24.6 Å². The van der Waals surface area contributed by atoms with Crippen molar-refractivity contribution in [3.05, 3.63) is 47.0 Å². The number of aliphatic hydroxyl groups is 1. The standard InChI is InChI=1S/C19H25N5O/c1-13-5-3-6-16-18(13)21-19(20-16)17-7-4-8-23(17)11-15-12-24(9-10-25)22-14(15)2/h3,5-6,12,17,25H,4,7-11H2,1-2H3,(H,20,21). The van der Waals surface area contributed by atoms with Crippen molar-refractivity contribution >= 4 is 11.0 Å². The fraction of sp³-hybridized carbons (Fsp3) is 0.474. The van der Waals surface area contributed by atoms with E-state index in [9.17, 15) is 0 Å². The van der Waals surface area contributed by atoms with E-state index in [1.54, 1.807) is 0 Å². The summed E-state index contributed by atoms with van der Waals surface area (Å²) in [7, 11) is 0. The highest BCUT2D eigenvalue weighted by Gasteiger charge is 2.29. The van der Waals surface area contributed by atoms with E-state index in [4.69, 9.17) is 10.1 Å². The van der Waals surface area contributed by atoms with E-state index in [2.05, 4.69) is 46.3 Å². The number of likely N-dealkylation sites (tertiary alicyclic amines) is 1. The zero-order chi connectivity index (χ0) is 17.4. The highest BCUT2D eigenvalue weighted by molar-refractivity contribution is 5.78. The SMILES string of the molecule is Cc1nn(CCO)cc1CN1CCCC1c1nc2c(C)cccc2[nH]1. The summed E-state index contributed by atoms with van der Waals surface area (Å²) >= 11 is 0. The maximum atomic E-state index is 9.10. The van der Waals surface area contributed by atoms with E-state index in [0.29, 0.717) is 12.6 Å². The molecule has 2 N–H and O–H groups in total. The minimum absolute atomic E-state index is 0.116. The number of nitrogens with zero attached hydrogens (tertiary/aromatic N) is 4. The number of H-pyrrole nitrogens is 1. The first-order chi connectivity index (χ1) is 12.2. The molecule has 0 spiro atoms. The van der Waals surface area contributed by atoms with Gasteiger partial charge in [0.2, 0.25) is 0 Å². The van der Waals surface area contributed by atoms with Crippen LogP contribution in [0.1, 0.15) is 41.5 Å². The second kappa shape index (κ2) is 6.61. The number of hydrogen-bond acceptors (Lipinski definition) is 4. The Balaban J connectivity index is 1.58. The van der Waals surface area contributed by atoms with Gasteiger partial charge in [-0.2, -0.15) is 5.10 Å². The molecule has 6 nitrogen and oxygen atoms in total. The predicted octanol–water partition coefficient (Wildman–Crippen LogP) is 2.71. The van der Waals surface area contributed by atoms with Gasteiger partial charge in [-0.25, -0.2) is 4.98 Å². The molecule has 1 aliphatic heterocycles. The first-order valence-electron chi connectivity index (χ1n) is 8.99. The van der Waals surface area contributed by atoms with Crippen LogP contribution in [0.4, 0.5) is 0 Å². The zero-order valence-electron chi connectivity index (χ0n) is 14.9. The molecule has 1 atom stereocenters. The van der Waals surface area contributed by atoms with Crippen LogP contribution in [0.15, 0.2) is 24.4 Å². The molecule has 1 fully saturated rings. The number of hydrogen-bond donors (Lipinski definition) is 2. The molecule has 1 saturated heterocycles. The number of para-hydroxylation sites is 1. The van der Waals surface area contributed by atoms with Crippen LogP contribution in [0.2, 0.25) is 0 Å². The summed E-state index contributed by atoms with van der Waals surface area (Å²) < 4.78 is 1.83. The molecule has 4 rings (SSSR count). The normalized spacial score (nSPS) is 18.4. The average Bonchev–Trinajstić information content (AvgIpc) is 3.28. The molecule has 0 bridgehead atoms. The number of aryl methyl sites for hydroxylation is 2. The average molecular weight is 339 g/mol. The molecule has 3 heterocycles. The first-order valence-corrected chi connectivity index (χ1v) is 8.99. The number of aromatic nitrogens is 4. The number of aliphatic hydroxyl groups excluding tert-OH is 1. The third kappa shape index (κ3) is 3.07. The van der Waals surface area contributed by atoms with Crippen LogP contribution in [0.25, 0.3) is 11.0 Å². The van der Waals surface area contributed by atoms with Crippen molar-refractivity contribution in [2.45, 2.75) is 45.8 Å². The molecule has 0 saturated carbocycles. The topological polar surface area (TPSA) is 70.0 Å². The van der Waals surface area contributed by atoms with Crippen molar-refractivity contribution in [3.63, 3.8) is 0 Å². The minimum Gasteiger partial charge on any atom is -0.394 e. The van der Waals surface area contributed by atoms with Crippen LogP contribution in [-0.2, 0) is 13.1 Å². The Morgan fingerprint density at radius 1 is 1.32 bits per heavy atom. The first kappa shape index (κ1) is 16.3. The van der Waals surface area contributed by atoms with E-state index in [1.807, 2.05) is 11.6 Å². The van der Waals surface area contributed by atoms with Crippen LogP contribution in [0, 0.1) is 13.8 Å². The van der Waals surface area contributed by atoms with Gasteiger partial charge < -0.3 is 10.1 Å². The van der Waals surface area contributed by atoms with Crippen molar-refractivity contribution in [1.29, 1.82) is 0 Å². The number of benzene rings is 1. The second-order valence-corrected chi connectivity index (χ2v) is 6.95. The van der Waals surface area contributed by atoms with E-state index in [1.165, 1.54) is 17.5 Å². The van der Waals surface area contributed by atoms with Crippen LogP contribution < -0.4 is 0 Å². The molecule has 0 amide bonds. The number of fused-ring (bicyclic) bond motifs is 1. The smallest absolute Gasteiger partial charge is 0.124 e. The molecule has 1 unspecified atom stereocenters. The van der Waals surface area contributed by atoms with E-state index in [0.717, 1.165) is 42.1 Å². The summed E-state index contributed by atoms with van der Waals surface area (Å²) in [5.41, 5.74) is 5.68. The van der Waals surface area contributed by atoms with Crippen LogP contribution >= 0.6 is 0 Å². The monoisotopic (exact) mass is 339 g/mol. The number of imidazole rings is 1. The maximum absolute atomic E-state index is 9.10. The molecule has 2 aromatic heterocycles. The summed E-state index contributed by atoms with van der Waals surface area (Å²) in [6, 6.07) is 6.61. The molecular formula is C19H25N5O. The van der Waals surface area contributed by atoms with Crippen molar-refractivity contribution in [2.24, 2.45) is 0 Å². The highest BCUT2D eigenvalue weighted by atomic mass is 16.3. The second-order valence-electron chi connectivity index (χ2n) is 6.95. The zero-order valence-corrected chi connectivity index (χ0v) is 14.9. The van der Waals surface area contributed by atoms with Crippen LogP contribution in [0.3, 0.4) is 0 Å². The highest BCUT2D eigenvalue weighted by Crippen LogP contribution is 2.33. The van der Waals surface area contributed by atoms with E-state index < -0.39 is 0 Å². The number of rotatable bonds is 5. The van der Waals surface area contributed by atoms with Gasteiger partial charge in [-0.1, -0.05) is 12.1 Å². The number of aromatic amines is 1. The molecule has 3 aromatic rings. The third-order valence-electron chi connectivity index (χ3n) is 5.16. The van der Waals surface area contributed by atoms with Crippen molar-refractivity contribution in [2.75, 3.05) is 13.2 Å². The summed E-state index contributed by atoms with van der Waals surface area (Å²) in [5.74, 6) is 1.07. The molecular weight excluding hydrogens is 314 g/mol. The molecule has 132 valence electrons. The number of nitrogens with one attached hydrogen (secondary N) is 1. The van der Waals surface area contributed by atoms with Gasteiger partial charge in [0.1, 0.15) is 5.82 Å². The quantitative estimate of drug-likeness (QED) is 0.750. The van der Waals surface area contributed by atoms with E-state index >= 15 is 0 Å². The van der Waals surface area contributed by atoms with Crippen LogP contribution in [-0.4, -0.2) is 42.9 Å². The molecule has 1 aromatic carbocycles. The van der Waals surface area contributed by atoms with Gasteiger partial charge >= 0.3 is 0 Å². The van der Waals surface area contributed by atoms with Crippen molar-refractivity contribution in [3.8, 4) is 0 Å². The van der Waals surface area contributed by atoms with Gasteiger partial charge in [0.25, 0.3) is 0 Å². The summed E-state index contributed by atoms with van der Waals surface area (Å²) in [4.78, 5) is 10.9. The third-order valence-corrected chi connectivity index (χ3v) is 5.16. The fourth-order valence-corrected chi connectivity index (χ4v) is 3.83. The van der Waals surface area contributed by atoms with Crippen molar-refractivity contribution < 1.29 is 5.11 Å². The molecule has 25 heavy (non-hydrogen) atoms. The Bertz CT molecular complexity index is 881. The maximum Gasteiger partial charge on any atom is 0.124 e. The Morgan fingerprint density at radius 2 is 2.20 bits per heavy atom. The summed E-state index contributed by atoms with van der Waals surface area (Å²) in [5, 5.41) is 13.6. The Labute approximate surface area is 147 Å². The van der Waals surface area contributed by atoms with Gasteiger partial charge in [0.05, 0.1) is 35.9 Å². The molecule has 0 radical (unpaired) electrons. The van der Waals surface area contributed by atoms with Gasteiger partial charge in [0, 0.05) is 18.3 Å². The predicted molar refractivity (Wildman–Crippen MR) is 97.3 cm³/mol. The largest absolute Gasteiger partial charge is 0.394 e. The summed E-state index contributed by atoms with van der Waals surface area (Å²) in [6.07, 6.45) is 4.37. The summed E-state index contributed by atoms with van der Waals surface area (Å²) in [6.45, 7) is 6.76. The lowest BCUT2D eigenvalue weighted by Crippen LogP contribution is -2.23. The van der Waals surface area contributed by atoms with Gasteiger partial charge in [0.15, 0.2) is 0 Å². The lowest BCUT2D eigenvalue weighted by atomic mass is 10.2. The lowest BCUT2D eigenvalue weighted by Gasteiger charge is -2.22. The molecule has 1 aliphatic rings. The fourth-order valence-electron chi connectivity index (χ4n) is 3.83. The van der Waals surface area contributed by atoms with E-state index in [-0.39, 0.29) is 6.61 Å². The van der Waals surface area contributed by atoms with Gasteiger partial charge in [-0.05, 0) is 44.9 Å². The molecule has 0 aliphatic carbocycles. The Kier molecular flexibility index (Phi) is 4.31. The lowest BCUT2D eigenvalue weighted by molar-refractivity contribution is 0.240. The van der Waals surface area contributed by atoms with Crippen LogP contribution in [0.5, 0.6) is 0 Å². The Morgan fingerprint density at radius 3 is 3.00 bits per heavy atom. The van der Waals surface area contributed by atoms with Gasteiger partial charge in [-0.15, -0.1) is 0 Å². The van der Waals surface area contributed by atoms with Gasteiger partial charge in [-0.3, -0.25) is 9.58 Å². The molecule has 6 heteroatoms. The minimum atomic E-state index is 0.116. The Hall–Kier alpha value is -2.18.